The fourth-order valence-electron chi connectivity index (χ4n) is 2.38. The molecule has 19 heavy (non-hydrogen) atoms. The lowest BCUT2D eigenvalue weighted by atomic mass is 10.1. The third-order valence-corrected chi connectivity index (χ3v) is 4.27. The minimum atomic E-state index is -0.0432. The highest BCUT2D eigenvalue weighted by molar-refractivity contribution is 7.16. The van der Waals surface area contributed by atoms with E-state index in [9.17, 15) is 4.79 Å². The molecule has 5 heteroatoms. The van der Waals surface area contributed by atoms with Crippen LogP contribution in [0, 0.1) is 0 Å². The highest BCUT2D eigenvalue weighted by Crippen LogP contribution is 2.20. The van der Waals surface area contributed by atoms with Crippen molar-refractivity contribution < 1.29 is 9.53 Å². The number of aromatic nitrogens is 1. The van der Waals surface area contributed by atoms with E-state index in [0.29, 0.717) is 5.56 Å². The molecule has 3 rings (SSSR count). The monoisotopic (exact) mass is 276 g/mol. The molecule has 1 fully saturated rings. The van der Waals surface area contributed by atoms with E-state index in [1.165, 1.54) is 0 Å². The van der Waals surface area contributed by atoms with Crippen LogP contribution >= 0.6 is 11.3 Å². The Labute approximate surface area is 115 Å². The van der Waals surface area contributed by atoms with Gasteiger partial charge in [-0.25, -0.2) is 4.98 Å². The number of ether oxygens (including phenoxy) is 1. The van der Waals surface area contributed by atoms with E-state index in [4.69, 9.17) is 4.74 Å². The maximum Gasteiger partial charge on any atom is 0.251 e. The van der Waals surface area contributed by atoms with Crippen molar-refractivity contribution in [3.8, 4) is 0 Å². The number of hydrogen-bond donors (Lipinski definition) is 1. The Kier molecular flexibility index (Phi) is 3.48. The summed E-state index contributed by atoms with van der Waals surface area (Å²) in [4.78, 5) is 16.4. The summed E-state index contributed by atoms with van der Waals surface area (Å²) in [7, 11) is 0. The normalized spacial score (nSPS) is 20.6. The topological polar surface area (TPSA) is 51.2 Å². The molecule has 1 aromatic heterocycles. The van der Waals surface area contributed by atoms with Gasteiger partial charge in [0, 0.05) is 12.2 Å². The van der Waals surface area contributed by atoms with Gasteiger partial charge >= 0.3 is 0 Å². The maximum absolute atomic E-state index is 12.2. The van der Waals surface area contributed by atoms with E-state index in [0.717, 1.165) is 29.7 Å². The van der Waals surface area contributed by atoms with Gasteiger partial charge in [-0.15, -0.1) is 11.3 Å². The highest BCUT2D eigenvalue weighted by atomic mass is 32.1. The van der Waals surface area contributed by atoms with Crippen molar-refractivity contribution in [2.45, 2.75) is 31.9 Å². The molecule has 0 spiro atoms. The lowest BCUT2D eigenvalue weighted by Crippen LogP contribution is -2.40. The number of carbonyl (C=O) groups is 1. The molecule has 4 nitrogen and oxygen atoms in total. The Hall–Kier alpha value is -1.46. The number of carbonyl (C=O) groups excluding carboxylic acids is 1. The van der Waals surface area contributed by atoms with E-state index < -0.39 is 0 Å². The maximum atomic E-state index is 12.2. The molecule has 1 saturated heterocycles. The summed E-state index contributed by atoms with van der Waals surface area (Å²) >= 11 is 1.55. The molecular formula is C14H16N2O2S. The van der Waals surface area contributed by atoms with Crippen LogP contribution in [0.4, 0.5) is 0 Å². The van der Waals surface area contributed by atoms with Crippen molar-refractivity contribution in [2.24, 2.45) is 0 Å². The van der Waals surface area contributed by atoms with Gasteiger partial charge in [-0.05, 0) is 38.0 Å². The first kappa shape index (κ1) is 12.6. The summed E-state index contributed by atoms with van der Waals surface area (Å²) < 4.78 is 6.63. The van der Waals surface area contributed by atoms with Crippen LogP contribution in [-0.4, -0.2) is 29.6 Å². The summed E-state index contributed by atoms with van der Waals surface area (Å²) in [5.74, 6) is -0.0432. The average Bonchev–Trinajstić information content (AvgIpc) is 3.09. The summed E-state index contributed by atoms with van der Waals surface area (Å²) in [6.45, 7) is 2.80. The predicted octanol–water partition coefficient (Wildman–Crippen LogP) is 2.59. The molecule has 1 aliphatic rings. The minimum Gasteiger partial charge on any atom is -0.376 e. The van der Waals surface area contributed by atoms with Crippen LogP contribution < -0.4 is 5.32 Å². The Bertz CT molecular complexity index is 590. The Morgan fingerprint density at radius 3 is 3.26 bits per heavy atom. The number of amides is 1. The fraction of sp³-hybridized carbons (Fsp3) is 0.429. The first-order chi connectivity index (χ1) is 9.24. The van der Waals surface area contributed by atoms with Crippen LogP contribution in [0.15, 0.2) is 23.7 Å². The molecule has 100 valence electrons. The summed E-state index contributed by atoms with van der Waals surface area (Å²) in [6, 6.07) is 5.65. The van der Waals surface area contributed by atoms with Crippen molar-refractivity contribution in [3.63, 3.8) is 0 Å². The van der Waals surface area contributed by atoms with Gasteiger partial charge in [-0.3, -0.25) is 4.79 Å². The van der Waals surface area contributed by atoms with Crippen molar-refractivity contribution in [3.05, 3.63) is 29.3 Å². The SMILES string of the molecule is CC(NC(=O)c1ccc2ncsc2c1)C1CCCO1. The zero-order valence-electron chi connectivity index (χ0n) is 10.8. The Balaban J connectivity index is 1.71. The van der Waals surface area contributed by atoms with Gasteiger partial charge in [0.05, 0.1) is 27.9 Å². The molecule has 1 aliphatic heterocycles. The number of fused-ring (bicyclic) bond motifs is 1. The molecule has 1 aromatic carbocycles. The zero-order chi connectivity index (χ0) is 13.2. The number of thiazole rings is 1. The second-order valence-electron chi connectivity index (χ2n) is 4.85. The van der Waals surface area contributed by atoms with Gasteiger partial charge in [0.2, 0.25) is 0 Å². The molecule has 2 aromatic rings. The largest absolute Gasteiger partial charge is 0.376 e. The average molecular weight is 276 g/mol. The van der Waals surface area contributed by atoms with E-state index in [2.05, 4.69) is 10.3 Å². The summed E-state index contributed by atoms with van der Waals surface area (Å²) in [5.41, 5.74) is 3.41. The molecule has 1 N–H and O–H groups in total. The second kappa shape index (κ2) is 5.27. The number of nitrogens with one attached hydrogen (secondary N) is 1. The van der Waals surface area contributed by atoms with Gasteiger partial charge in [0.15, 0.2) is 0 Å². The molecule has 2 heterocycles. The molecule has 0 aliphatic carbocycles. The lowest BCUT2D eigenvalue weighted by Gasteiger charge is -2.19. The fourth-order valence-corrected chi connectivity index (χ4v) is 3.09. The third kappa shape index (κ3) is 2.62. The molecular weight excluding hydrogens is 260 g/mol. The standard InChI is InChI=1S/C14H16N2O2S/c1-9(12-3-2-6-18-12)16-14(17)10-4-5-11-13(7-10)19-8-15-11/h4-5,7-9,12H,2-3,6H2,1H3,(H,16,17). The number of nitrogens with zero attached hydrogens (tertiary/aromatic N) is 1. The smallest absolute Gasteiger partial charge is 0.251 e. The van der Waals surface area contributed by atoms with Gasteiger partial charge < -0.3 is 10.1 Å². The number of hydrogen-bond acceptors (Lipinski definition) is 4. The first-order valence-electron chi connectivity index (χ1n) is 6.50. The number of benzene rings is 1. The molecule has 2 unspecified atom stereocenters. The quantitative estimate of drug-likeness (QED) is 0.937. The van der Waals surface area contributed by atoms with Crippen LogP contribution in [0.25, 0.3) is 10.2 Å². The van der Waals surface area contributed by atoms with Crippen LogP contribution in [0.5, 0.6) is 0 Å². The molecule has 2 atom stereocenters. The first-order valence-corrected chi connectivity index (χ1v) is 7.38. The van der Waals surface area contributed by atoms with E-state index in [1.54, 1.807) is 16.8 Å². The van der Waals surface area contributed by atoms with Crippen molar-refractivity contribution >= 4 is 27.5 Å². The summed E-state index contributed by atoms with van der Waals surface area (Å²) in [5, 5.41) is 3.02. The predicted molar refractivity (Wildman–Crippen MR) is 75.5 cm³/mol. The Morgan fingerprint density at radius 2 is 2.47 bits per heavy atom. The second-order valence-corrected chi connectivity index (χ2v) is 5.73. The van der Waals surface area contributed by atoms with Crippen molar-refractivity contribution in [1.29, 1.82) is 0 Å². The molecule has 0 saturated carbocycles. The van der Waals surface area contributed by atoms with Crippen molar-refractivity contribution in [1.82, 2.24) is 10.3 Å². The van der Waals surface area contributed by atoms with Crippen molar-refractivity contribution in [2.75, 3.05) is 6.61 Å². The Morgan fingerprint density at radius 1 is 1.58 bits per heavy atom. The summed E-state index contributed by atoms with van der Waals surface area (Å²) in [6.07, 6.45) is 2.25. The minimum absolute atomic E-state index is 0.0432. The third-order valence-electron chi connectivity index (χ3n) is 3.47. The van der Waals surface area contributed by atoms with Gasteiger partial charge in [0.1, 0.15) is 0 Å². The van der Waals surface area contributed by atoms with Crippen LogP contribution in [0.2, 0.25) is 0 Å². The number of rotatable bonds is 3. The highest BCUT2D eigenvalue weighted by Gasteiger charge is 2.24. The van der Waals surface area contributed by atoms with Crippen LogP contribution in [-0.2, 0) is 4.74 Å². The van der Waals surface area contributed by atoms with Crippen LogP contribution in [0.3, 0.4) is 0 Å². The van der Waals surface area contributed by atoms with E-state index in [-0.39, 0.29) is 18.1 Å². The van der Waals surface area contributed by atoms with Crippen LogP contribution in [0.1, 0.15) is 30.1 Å². The zero-order valence-corrected chi connectivity index (χ0v) is 11.6. The molecule has 0 bridgehead atoms. The van der Waals surface area contributed by atoms with Gasteiger partial charge in [0.25, 0.3) is 5.91 Å². The van der Waals surface area contributed by atoms with Gasteiger partial charge in [-0.1, -0.05) is 0 Å². The van der Waals surface area contributed by atoms with E-state index >= 15 is 0 Å². The lowest BCUT2D eigenvalue weighted by molar-refractivity contribution is 0.0712. The van der Waals surface area contributed by atoms with E-state index in [1.807, 2.05) is 25.1 Å². The van der Waals surface area contributed by atoms with Gasteiger partial charge in [-0.2, -0.15) is 0 Å². The molecule has 0 radical (unpaired) electrons. The molecule has 1 amide bonds.